The maximum absolute atomic E-state index is 12.7. The number of benzene rings is 2. The van der Waals surface area contributed by atoms with E-state index >= 15 is 0 Å². The van der Waals surface area contributed by atoms with Crippen molar-refractivity contribution >= 4 is 34.5 Å². The first kappa shape index (κ1) is 18.7. The predicted octanol–water partition coefficient (Wildman–Crippen LogP) is 1.96. The van der Waals surface area contributed by atoms with Gasteiger partial charge in [0.1, 0.15) is 13.2 Å². The van der Waals surface area contributed by atoms with Gasteiger partial charge in [-0.05, 0) is 30.5 Å². The van der Waals surface area contributed by atoms with Crippen LogP contribution in [-0.4, -0.2) is 27.7 Å². The molecule has 0 radical (unpaired) electrons. The van der Waals surface area contributed by atoms with E-state index in [4.69, 9.17) is 10.5 Å². The normalized spacial score (nSPS) is 10.7. The molecule has 2 aromatic carbocycles. The lowest BCUT2D eigenvalue weighted by Crippen LogP contribution is -2.32. The number of carbonyl (C=O) groups is 2. The Morgan fingerprint density at radius 1 is 1.15 bits per heavy atom. The number of aromatic nitrogens is 2. The molecule has 1 heterocycles. The van der Waals surface area contributed by atoms with Gasteiger partial charge in [0.15, 0.2) is 5.82 Å². The first-order valence-corrected chi connectivity index (χ1v) is 9.30. The van der Waals surface area contributed by atoms with Gasteiger partial charge in [-0.3, -0.25) is 14.2 Å². The van der Waals surface area contributed by atoms with Gasteiger partial charge in [-0.15, -0.1) is 11.8 Å². The van der Waals surface area contributed by atoms with Crippen LogP contribution in [0.15, 0.2) is 58.2 Å². The fraction of sp³-hybridized carbons (Fsp3) is 0.158. The standard InChI is InChI=1S/C19H17N3O4S/c1-27-15-9-5-3-7-13(15)19(25)26-11-17-21-14-8-4-2-6-12(14)18(24)22(17)10-16(20)23/h2-9H,10-11H2,1H3,(H2,20,23). The van der Waals surface area contributed by atoms with Gasteiger partial charge in [0, 0.05) is 4.90 Å². The fourth-order valence-electron chi connectivity index (χ4n) is 2.66. The molecule has 27 heavy (non-hydrogen) atoms. The first-order chi connectivity index (χ1) is 13.0. The maximum Gasteiger partial charge on any atom is 0.339 e. The van der Waals surface area contributed by atoms with Crippen molar-refractivity contribution in [2.45, 2.75) is 18.0 Å². The predicted molar refractivity (Wildman–Crippen MR) is 103 cm³/mol. The number of nitrogens with two attached hydrogens (primary N) is 1. The van der Waals surface area contributed by atoms with Gasteiger partial charge in [0.05, 0.1) is 16.5 Å². The second-order valence-electron chi connectivity index (χ2n) is 5.68. The largest absolute Gasteiger partial charge is 0.454 e. The molecular weight excluding hydrogens is 366 g/mol. The van der Waals surface area contributed by atoms with Crippen LogP contribution in [0.2, 0.25) is 0 Å². The van der Waals surface area contributed by atoms with E-state index in [0.717, 1.165) is 9.46 Å². The van der Waals surface area contributed by atoms with Gasteiger partial charge in [0.2, 0.25) is 5.91 Å². The van der Waals surface area contributed by atoms with E-state index in [0.29, 0.717) is 16.5 Å². The van der Waals surface area contributed by atoms with Crippen molar-refractivity contribution in [3.63, 3.8) is 0 Å². The van der Waals surface area contributed by atoms with Gasteiger partial charge in [-0.2, -0.15) is 0 Å². The third-order valence-corrected chi connectivity index (χ3v) is 4.71. The third-order valence-electron chi connectivity index (χ3n) is 3.91. The van der Waals surface area contributed by atoms with Gasteiger partial charge < -0.3 is 10.5 Å². The summed E-state index contributed by atoms with van der Waals surface area (Å²) in [5.74, 6) is -1.06. The summed E-state index contributed by atoms with van der Waals surface area (Å²) in [7, 11) is 0. The van der Waals surface area contributed by atoms with Crippen LogP contribution in [-0.2, 0) is 22.7 Å². The second kappa shape index (κ2) is 8.05. The van der Waals surface area contributed by atoms with Crippen LogP contribution in [0.3, 0.4) is 0 Å². The number of carbonyl (C=O) groups excluding carboxylic acids is 2. The van der Waals surface area contributed by atoms with Crippen molar-refractivity contribution < 1.29 is 14.3 Å². The molecule has 0 aliphatic rings. The lowest BCUT2D eigenvalue weighted by molar-refractivity contribution is -0.118. The molecule has 0 spiro atoms. The number of fused-ring (bicyclic) bond motifs is 1. The highest BCUT2D eigenvalue weighted by Gasteiger charge is 2.16. The monoisotopic (exact) mass is 383 g/mol. The molecule has 0 atom stereocenters. The molecule has 0 saturated carbocycles. The van der Waals surface area contributed by atoms with E-state index in [1.165, 1.54) is 11.8 Å². The van der Waals surface area contributed by atoms with E-state index in [1.807, 2.05) is 18.4 Å². The van der Waals surface area contributed by atoms with Gasteiger partial charge in [0.25, 0.3) is 5.56 Å². The summed E-state index contributed by atoms with van der Waals surface area (Å²) in [6.07, 6.45) is 1.86. The molecular formula is C19H17N3O4S. The van der Waals surface area contributed by atoms with E-state index in [2.05, 4.69) is 4.98 Å². The molecule has 8 heteroatoms. The zero-order chi connectivity index (χ0) is 19.4. The highest BCUT2D eigenvalue weighted by Crippen LogP contribution is 2.21. The molecule has 0 saturated heterocycles. The number of thioether (sulfide) groups is 1. The molecule has 7 nitrogen and oxygen atoms in total. The van der Waals surface area contributed by atoms with Crippen molar-refractivity contribution in [2.24, 2.45) is 5.73 Å². The van der Waals surface area contributed by atoms with Crippen LogP contribution in [0.5, 0.6) is 0 Å². The number of primary amides is 1. The quantitative estimate of drug-likeness (QED) is 0.515. The van der Waals surface area contributed by atoms with Gasteiger partial charge >= 0.3 is 5.97 Å². The lowest BCUT2D eigenvalue weighted by atomic mass is 10.2. The van der Waals surface area contributed by atoms with Crippen LogP contribution in [0.1, 0.15) is 16.2 Å². The number of nitrogens with zero attached hydrogens (tertiary/aromatic N) is 2. The minimum absolute atomic E-state index is 0.160. The lowest BCUT2D eigenvalue weighted by Gasteiger charge is -2.13. The Labute approximate surface area is 159 Å². The number of esters is 1. The molecule has 138 valence electrons. The summed E-state index contributed by atoms with van der Waals surface area (Å²) >= 11 is 1.43. The van der Waals surface area contributed by atoms with Crippen LogP contribution in [0.4, 0.5) is 0 Å². The Morgan fingerprint density at radius 3 is 2.59 bits per heavy atom. The van der Waals surface area contributed by atoms with E-state index < -0.39 is 17.4 Å². The second-order valence-corrected chi connectivity index (χ2v) is 6.53. The summed E-state index contributed by atoms with van der Waals surface area (Å²) in [4.78, 5) is 41.6. The Morgan fingerprint density at radius 2 is 1.85 bits per heavy atom. The van der Waals surface area contributed by atoms with Crippen LogP contribution in [0, 0.1) is 0 Å². The molecule has 2 N–H and O–H groups in total. The summed E-state index contributed by atoms with van der Waals surface area (Å²) < 4.78 is 6.49. The average Bonchev–Trinajstić information content (AvgIpc) is 2.68. The zero-order valence-electron chi connectivity index (χ0n) is 14.5. The molecule has 3 rings (SSSR count). The molecule has 3 aromatic rings. The molecule has 0 bridgehead atoms. The fourth-order valence-corrected chi connectivity index (χ4v) is 3.25. The topological polar surface area (TPSA) is 104 Å². The minimum atomic E-state index is -0.686. The first-order valence-electron chi connectivity index (χ1n) is 8.08. The van der Waals surface area contributed by atoms with Crippen molar-refractivity contribution in [1.82, 2.24) is 9.55 Å². The molecule has 1 amide bonds. The van der Waals surface area contributed by atoms with E-state index in [-0.39, 0.29) is 19.0 Å². The molecule has 0 aliphatic heterocycles. The number of hydrogen-bond acceptors (Lipinski definition) is 6. The van der Waals surface area contributed by atoms with Crippen molar-refractivity contribution in [3.8, 4) is 0 Å². The Kier molecular flexibility index (Phi) is 5.56. The van der Waals surface area contributed by atoms with Crippen LogP contribution < -0.4 is 11.3 Å². The van der Waals surface area contributed by atoms with Crippen molar-refractivity contribution in [2.75, 3.05) is 6.26 Å². The summed E-state index contributed by atoms with van der Waals surface area (Å²) in [5, 5.41) is 0.363. The Balaban J connectivity index is 1.95. The number of rotatable bonds is 6. The zero-order valence-corrected chi connectivity index (χ0v) is 15.4. The Hall–Kier alpha value is -3.13. The maximum atomic E-state index is 12.7. The smallest absolute Gasteiger partial charge is 0.339 e. The van der Waals surface area contributed by atoms with Gasteiger partial charge in [-0.1, -0.05) is 24.3 Å². The Bertz CT molecular complexity index is 1080. The number of amides is 1. The number of hydrogen-bond donors (Lipinski definition) is 1. The molecule has 0 unspecified atom stereocenters. The molecule has 1 aromatic heterocycles. The summed E-state index contributed by atoms with van der Waals surface area (Å²) in [5.41, 5.74) is 5.73. The van der Waals surface area contributed by atoms with Crippen molar-refractivity contribution in [1.29, 1.82) is 0 Å². The van der Waals surface area contributed by atoms with Crippen LogP contribution in [0.25, 0.3) is 10.9 Å². The highest BCUT2D eigenvalue weighted by molar-refractivity contribution is 7.98. The third kappa shape index (κ3) is 4.01. The average molecular weight is 383 g/mol. The van der Waals surface area contributed by atoms with Crippen molar-refractivity contribution in [3.05, 3.63) is 70.3 Å². The molecule has 0 fully saturated rings. The summed E-state index contributed by atoms with van der Waals surface area (Å²) in [6, 6.07) is 13.8. The number of para-hydroxylation sites is 1. The summed E-state index contributed by atoms with van der Waals surface area (Å²) in [6.45, 7) is -0.597. The number of ether oxygens (including phenoxy) is 1. The van der Waals surface area contributed by atoms with E-state index in [1.54, 1.807) is 36.4 Å². The van der Waals surface area contributed by atoms with E-state index in [9.17, 15) is 14.4 Å². The van der Waals surface area contributed by atoms with Crippen LogP contribution >= 0.6 is 11.8 Å². The highest BCUT2D eigenvalue weighted by atomic mass is 32.2. The molecule has 0 aliphatic carbocycles. The SMILES string of the molecule is CSc1ccccc1C(=O)OCc1nc2ccccc2c(=O)n1CC(N)=O. The minimum Gasteiger partial charge on any atom is -0.454 e. The van der Waals surface area contributed by atoms with Gasteiger partial charge in [-0.25, -0.2) is 9.78 Å².